The zero-order valence-electron chi connectivity index (χ0n) is 16.7. The molecule has 1 fully saturated rings. The van der Waals surface area contributed by atoms with E-state index in [9.17, 15) is 14.4 Å². The van der Waals surface area contributed by atoms with Gasteiger partial charge in [0, 0.05) is 43.2 Å². The molecule has 0 radical (unpaired) electrons. The largest absolute Gasteiger partial charge is 0.352 e. The van der Waals surface area contributed by atoms with Gasteiger partial charge >= 0.3 is 0 Å². The van der Waals surface area contributed by atoms with Gasteiger partial charge in [0.15, 0.2) is 0 Å². The number of piperidine rings is 1. The summed E-state index contributed by atoms with van der Waals surface area (Å²) in [5.41, 5.74) is 2.35. The van der Waals surface area contributed by atoms with Gasteiger partial charge in [0.1, 0.15) is 0 Å². The van der Waals surface area contributed by atoms with Crippen LogP contribution in [0.25, 0.3) is 0 Å². The molecule has 1 aliphatic heterocycles. The van der Waals surface area contributed by atoms with E-state index in [4.69, 9.17) is 0 Å². The van der Waals surface area contributed by atoms with Gasteiger partial charge < -0.3 is 15.5 Å². The summed E-state index contributed by atoms with van der Waals surface area (Å²) in [7, 11) is 0. The molecule has 0 unspecified atom stereocenters. The summed E-state index contributed by atoms with van der Waals surface area (Å²) in [5, 5.41) is 5.77. The molecule has 2 aromatic carbocycles. The number of nitrogens with one attached hydrogen (secondary N) is 2. The average molecular weight is 393 g/mol. The number of rotatable bonds is 6. The smallest absolute Gasteiger partial charge is 0.253 e. The molecule has 1 aliphatic rings. The van der Waals surface area contributed by atoms with E-state index in [1.807, 2.05) is 30.3 Å². The van der Waals surface area contributed by atoms with Crippen LogP contribution >= 0.6 is 0 Å². The van der Waals surface area contributed by atoms with Crippen LogP contribution in [0.1, 0.15) is 42.1 Å². The van der Waals surface area contributed by atoms with Crippen molar-refractivity contribution in [1.29, 1.82) is 0 Å². The maximum Gasteiger partial charge on any atom is 0.253 e. The van der Waals surface area contributed by atoms with E-state index in [1.165, 1.54) is 0 Å². The standard InChI is InChI=1S/C23H27N3O3/c1-2-21(27)25-20-10-8-19(9-11-20)23(29)26-14-12-18(13-15-26)22(28)24-16-17-6-4-3-5-7-17/h3-11,18H,2,12-16H2,1H3,(H,24,28)(H,25,27). The Balaban J connectivity index is 1.47. The zero-order chi connectivity index (χ0) is 20.6. The summed E-state index contributed by atoms with van der Waals surface area (Å²) in [4.78, 5) is 38.4. The molecule has 0 bridgehead atoms. The first-order chi connectivity index (χ1) is 14.1. The highest BCUT2D eigenvalue weighted by Crippen LogP contribution is 2.20. The molecule has 1 saturated heterocycles. The second-order valence-corrected chi connectivity index (χ2v) is 7.25. The molecule has 152 valence electrons. The molecule has 0 aromatic heterocycles. The van der Waals surface area contributed by atoms with Crippen LogP contribution in [0.15, 0.2) is 54.6 Å². The van der Waals surface area contributed by atoms with Crippen LogP contribution in [-0.2, 0) is 16.1 Å². The topological polar surface area (TPSA) is 78.5 Å². The highest BCUT2D eigenvalue weighted by Gasteiger charge is 2.27. The van der Waals surface area contributed by atoms with E-state index in [2.05, 4.69) is 10.6 Å². The van der Waals surface area contributed by atoms with Gasteiger partial charge in [0.2, 0.25) is 11.8 Å². The molecule has 0 aliphatic carbocycles. The molecule has 3 rings (SSSR count). The maximum atomic E-state index is 12.7. The van der Waals surface area contributed by atoms with Gasteiger partial charge in [-0.3, -0.25) is 14.4 Å². The predicted octanol–water partition coefficient (Wildman–Crippen LogP) is 3.20. The molecule has 6 heteroatoms. The van der Waals surface area contributed by atoms with E-state index in [0.717, 1.165) is 5.56 Å². The maximum absolute atomic E-state index is 12.7. The predicted molar refractivity (Wildman–Crippen MR) is 112 cm³/mol. The van der Waals surface area contributed by atoms with Gasteiger partial charge in [-0.2, -0.15) is 0 Å². The third kappa shape index (κ3) is 5.67. The van der Waals surface area contributed by atoms with Gasteiger partial charge in [-0.05, 0) is 42.7 Å². The van der Waals surface area contributed by atoms with Gasteiger partial charge in [0.25, 0.3) is 5.91 Å². The van der Waals surface area contributed by atoms with Crippen molar-refractivity contribution in [2.24, 2.45) is 5.92 Å². The van der Waals surface area contributed by atoms with Crippen LogP contribution < -0.4 is 10.6 Å². The summed E-state index contributed by atoms with van der Waals surface area (Å²) in [6, 6.07) is 16.8. The van der Waals surface area contributed by atoms with Crippen molar-refractivity contribution in [3.63, 3.8) is 0 Å². The Morgan fingerprint density at radius 2 is 1.62 bits per heavy atom. The lowest BCUT2D eigenvalue weighted by Crippen LogP contribution is -2.42. The molecule has 2 aromatic rings. The fraction of sp³-hybridized carbons (Fsp3) is 0.348. The fourth-order valence-electron chi connectivity index (χ4n) is 3.40. The van der Waals surface area contributed by atoms with Gasteiger partial charge in [-0.15, -0.1) is 0 Å². The Morgan fingerprint density at radius 3 is 2.24 bits per heavy atom. The normalized spacial score (nSPS) is 14.3. The molecule has 2 N–H and O–H groups in total. The lowest BCUT2D eigenvalue weighted by atomic mass is 9.95. The molecule has 3 amide bonds. The Morgan fingerprint density at radius 1 is 0.966 bits per heavy atom. The third-order valence-corrected chi connectivity index (χ3v) is 5.20. The van der Waals surface area contributed by atoms with Crippen molar-refractivity contribution < 1.29 is 14.4 Å². The summed E-state index contributed by atoms with van der Waals surface area (Å²) in [6.45, 7) is 3.45. The third-order valence-electron chi connectivity index (χ3n) is 5.20. The summed E-state index contributed by atoms with van der Waals surface area (Å²) in [6.07, 6.45) is 1.74. The Bertz CT molecular complexity index is 841. The second kappa shape index (κ2) is 9.87. The van der Waals surface area contributed by atoms with Crippen LogP contribution in [0.2, 0.25) is 0 Å². The molecular weight excluding hydrogens is 366 g/mol. The van der Waals surface area contributed by atoms with Crippen LogP contribution in [0, 0.1) is 5.92 Å². The van der Waals surface area contributed by atoms with Crippen molar-refractivity contribution in [1.82, 2.24) is 10.2 Å². The summed E-state index contributed by atoms with van der Waals surface area (Å²) >= 11 is 0. The number of carbonyl (C=O) groups excluding carboxylic acids is 3. The van der Waals surface area contributed by atoms with E-state index >= 15 is 0 Å². The van der Waals surface area contributed by atoms with Crippen molar-refractivity contribution in [3.05, 3.63) is 65.7 Å². The Labute approximate surface area is 171 Å². The van der Waals surface area contributed by atoms with E-state index in [1.54, 1.807) is 36.1 Å². The SMILES string of the molecule is CCC(=O)Nc1ccc(C(=O)N2CCC(C(=O)NCc3ccccc3)CC2)cc1. The first-order valence-electron chi connectivity index (χ1n) is 10.1. The van der Waals surface area contributed by atoms with E-state index in [-0.39, 0.29) is 23.6 Å². The number of carbonyl (C=O) groups is 3. The zero-order valence-corrected chi connectivity index (χ0v) is 16.7. The lowest BCUT2D eigenvalue weighted by molar-refractivity contribution is -0.126. The van der Waals surface area contributed by atoms with E-state index in [0.29, 0.717) is 50.1 Å². The molecule has 0 atom stereocenters. The highest BCUT2D eigenvalue weighted by molar-refractivity contribution is 5.96. The van der Waals surface area contributed by atoms with Crippen LogP contribution in [-0.4, -0.2) is 35.7 Å². The average Bonchev–Trinajstić information content (AvgIpc) is 2.78. The van der Waals surface area contributed by atoms with Gasteiger partial charge in [0.05, 0.1) is 0 Å². The van der Waals surface area contributed by atoms with Crippen molar-refractivity contribution in [3.8, 4) is 0 Å². The first kappa shape index (κ1) is 20.6. The van der Waals surface area contributed by atoms with Crippen molar-refractivity contribution >= 4 is 23.4 Å². The molecule has 1 heterocycles. The highest BCUT2D eigenvalue weighted by atomic mass is 16.2. The van der Waals surface area contributed by atoms with Crippen molar-refractivity contribution in [2.45, 2.75) is 32.7 Å². The molecule has 0 saturated carbocycles. The van der Waals surface area contributed by atoms with Crippen LogP contribution in [0.5, 0.6) is 0 Å². The number of anilines is 1. The number of benzene rings is 2. The Kier molecular flexibility index (Phi) is 7.00. The number of nitrogens with zero attached hydrogens (tertiary/aromatic N) is 1. The monoisotopic (exact) mass is 393 g/mol. The molecule has 6 nitrogen and oxygen atoms in total. The number of hydrogen-bond donors (Lipinski definition) is 2. The summed E-state index contributed by atoms with van der Waals surface area (Å²) in [5.74, 6) is -0.107. The van der Waals surface area contributed by atoms with Crippen LogP contribution in [0.4, 0.5) is 5.69 Å². The quantitative estimate of drug-likeness (QED) is 0.791. The van der Waals surface area contributed by atoms with Gasteiger partial charge in [-0.1, -0.05) is 37.3 Å². The lowest BCUT2D eigenvalue weighted by Gasteiger charge is -2.31. The van der Waals surface area contributed by atoms with Gasteiger partial charge in [-0.25, -0.2) is 0 Å². The Hall–Kier alpha value is -3.15. The summed E-state index contributed by atoms with van der Waals surface area (Å²) < 4.78 is 0. The minimum Gasteiger partial charge on any atom is -0.352 e. The van der Waals surface area contributed by atoms with Crippen molar-refractivity contribution in [2.75, 3.05) is 18.4 Å². The fourth-order valence-corrected chi connectivity index (χ4v) is 3.40. The molecule has 0 spiro atoms. The minimum atomic E-state index is -0.0607. The number of amides is 3. The second-order valence-electron chi connectivity index (χ2n) is 7.25. The molecule has 29 heavy (non-hydrogen) atoms. The molecular formula is C23H27N3O3. The number of hydrogen-bond acceptors (Lipinski definition) is 3. The van der Waals surface area contributed by atoms with E-state index < -0.39 is 0 Å². The van der Waals surface area contributed by atoms with Crippen LogP contribution in [0.3, 0.4) is 0 Å². The first-order valence-corrected chi connectivity index (χ1v) is 10.1. The minimum absolute atomic E-state index is 0.0403. The number of likely N-dealkylation sites (tertiary alicyclic amines) is 1.